The minimum absolute atomic E-state index is 0.717. The summed E-state index contributed by atoms with van der Waals surface area (Å²) >= 11 is 1.61. The summed E-state index contributed by atoms with van der Waals surface area (Å²) in [5.41, 5.74) is 8.04. The molecule has 1 aromatic heterocycles. The van der Waals surface area contributed by atoms with Crippen LogP contribution in [0, 0.1) is 0 Å². The molecule has 30 heavy (non-hydrogen) atoms. The number of nitrogens with zero attached hydrogens (tertiary/aromatic N) is 2. The summed E-state index contributed by atoms with van der Waals surface area (Å²) in [6.07, 6.45) is 4.89. The SMILES string of the molecule is C=Cc1c(OC)cccc1C1=CCCN=C(c2ccc(NCc3cscn3)cc2)N1. The van der Waals surface area contributed by atoms with Crippen LogP contribution in [0.15, 0.2) is 71.0 Å². The van der Waals surface area contributed by atoms with Crippen molar-refractivity contribution in [1.29, 1.82) is 0 Å². The van der Waals surface area contributed by atoms with Gasteiger partial charge in [0, 0.05) is 40.0 Å². The third-order valence-corrected chi connectivity index (χ3v) is 5.53. The number of hydrogen-bond donors (Lipinski definition) is 2. The molecule has 2 heterocycles. The number of hydrogen-bond acceptors (Lipinski definition) is 6. The maximum Gasteiger partial charge on any atom is 0.132 e. The standard InChI is InChI=1S/C24H24N4OS/c1-3-20-21(6-4-8-23(20)29-2)22-7-5-13-25-24(28-22)17-9-11-18(12-10-17)26-14-19-15-30-16-27-19/h3-4,6-12,15-16,26H,1,5,13-14H2,2H3,(H,25,28). The summed E-state index contributed by atoms with van der Waals surface area (Å²) in [5.74, 6) is 1.67. The molecular weight excluding hydrogens is 392 g/mol. The number of amidine groups is 1. The van der Waals surface area contributed by atoms with Crippen LogP contribution >= 0.6 is 11.3 Å². The van der Waals surface area contributed by atoms with E-state index < -0.39 is 0 Å². The Morgan fingerprint density at radius 2 is 2.10 bits per heavy atom. The maximum absolute atomic E-state index is 5.51. The maximum atomic E-state index is 5.51. The molecule has 5 nitrogen and oxygen atoms in total. The first kappa shape index (κ1) is 19.9. The zero-order valence-electron chi connectivity index (χ0n) is 16.9. The Bertz CT molecular complexity index is 1070. The summed E-state index contributed by atoms with van der Waals surface area (Å²) in [7, 11) is 1.68. The number of aromatic nitrogens is 1. The summed E-state index contributed by atoms with van der Waals surface area (Å²) in [5, 5.41) is 8.98. The number of thiazole rings is 1. The molecule has 0 atom stereocenters. The van der Waals surface area contributed by atoms with Crippen LogP contribution in [0.5, 0.6) is 5.75 Å². The van der Waals surface area contributed by atoms with E-state index in [2.05, 4.69) is 64.0 Å². The lowest BCUT2D eigenvalue weighted by molar-refractivity contribution is 0.413. The first-order valence-corrected chi connectivity index (χ1v) is 10.8. The van der Waals surface area contributed by atoms with Crippen molar-refractivity contribution in [3.63, 3.8) is 0 Å². The van der Waals surface area contributed by atoms with Gasteiger partial charge in [-0.3, -0.25) is 4.99 Å². The highest BCUT2D eigenvalue weighted by Gasteiger charge is 2.15. The first-order chi connectivity index (χ1) is 14.8. The lowest BCUT2D eigenvalue weighted by Crippen LogP contribution is -2.23. The van der Waals surface area contributed by atoms with Gasteiger partial charge in [0.05, 0.1) is 24.9 Å². The lowest BCUT2D eigenvalue weighted by atomic mass is 10.0. The van der Waals surface area contributed by atoms with E-state index in [0.29, 0.717) is 0 Å². The van der Waals surface area contributed by atoms with Gasteiger partial charge >= 0.3 is 0 Å². The number of anilines is 1. The van der Waals surface area contributed by atoms with Crippen molar-refractivity contribution in [1.82, 2.24) is 10.3 Å². The van der Waals surface area contributed by atoms with Gasteiger partial charge in [0.2, 0.25) is 0 Å². The van der Waals surface area contributed by atoms with Crippen molar-refractivity contribution in [3.05, 3.63) is 88.4 Å². The first-order valence-electron chi connectivity index (χ1n) is 9.81. The number of ether oxygens (including phenoxy) is 1. The third kappa shape index (κ3) is 4.44. The van der Waals surface area contributed by atoms with E-state index in [-0.39, 0.29) is 0 Å². The van der Waals surface area contributed by atoms with Crippen LogP contribution in [-0.4, -0.2) is 24.5 Å². The molecule has 3 aromatic rings. The number of methoxy groups -OCH3 is 1. The minimum Gasteiger partial charge on any atom is -0.496 e. The highest BCUT2D eigenvalue weighted by atomic mass is 32.1. The molecule has 2 N–H and O–H groups in total. The molecule has 2 aromatic carbocycles. The van der Waals surface area contributed by atoms with Gasteiger partial charge in [-0.2, -0.15) is 0 Å². The summed E-state index contributed by atoms with van der Waals surface area (Å²) < 4.78 is 5.51. The zero-order valence-corrected chi connectivity index (χ0v) is 17.7. The molecule has 0 bridgehead atoms. The fourth-order valence-corrected chi connectivity index (χ4v) is 3.93. The molecule has 152 valence electrons. The normalized spacial score (nSPS) is 13.5. The molecular formula is C24H24N4OS. The average Bonchev–Trinajstić information content (AvgIpc) is 3.20. The smallest absolute Gasteiger partial charge is 0.132 e. The quantitative estimate of drug-likeness (QED) is 0.557. The van der Waals surface area contributed by atoms with Crippen molar-refractivity contribution < 1.29 is 4.74 Å². The van der Waals surface area contributed by atoms with E-state index in [1.165, 1.54) is 0 Å². The van der Waals surface area contributed by atoms with E-state index in [9.17, 15) is 0 Å². The second-order valence-electron chi connectivity index (χ2n) is 6.80. The molecule has 6 heteroatoms. The largest absolute Gasteiger partial charge is 0.496 e. The van der Waals surface area contributed by atoms with E-state index in [1.807, 2.05) is 23.7 Å². The van der Waals surface area contributed by atoms with Crippen LogP contribution in [0.2, 0.25) is 0 Å². The Labute approximate surface area is 180 Å². The van der Waals surface area contributed by atoms with Crippen LogP contribution in [0.1, 0.15) is 28.8 Å². The Morgan fingerprint density at radius 3 is 2.83 bits per heavy atom. The molecule has 0 saturated carbocycles. The van der Waals surface area contributed by atoms with Crippen molar-refractivity contribution in [2.45, 2.75) is 13.0 Å². The topological polar surface area (TPSA) is 58.5 Å². The second kappa shape index (κ2) is 9.41. The Balaban J connectivity index is 1.52. The molecule has 0 unspecified atom stereocenters. The highest BCUT2D eigenvalue weighted by Crippen LogP contribution is 2.28. The fraction of sp³-hybridized carbons (Fsp3) is 0.167. The van der Waals surface area contributed by atoms with E-state index in [1.54, 1.807) is 18.4 Å². The summed E-state index contributed by atoms with van der Waals surface area (Å²) in [4.78, 5) is 9.05. The van der Waals surface area contributed by atoms with Gasteiger partial charge in [-0.05, 0) is 36.8 Å². The molecule has 0 radical (unpaired) electrons. The Hall–Kier alpha value is -3.38. The predicted molar refractivity (Wildman–Crippen MR) is 126 cm³/mol. The van der Waals surface area contributed by atoms with Crippen molar-refractivity contribution in [3.8, 4) is 5.75 Å². The highest BCUT2D eigenvalue weighted by molar-refractivity contribution is 7.07. The van der Waals surface area contributed by atoms with Crippen LogP contribution in [0.3, 0.4) is 0 Å². The minimum atomic E-state index is 0.717. The predicted octanol–water partition coefficient (Wildman–Crippen LogP) is 5.19. The lowest BCUT2D eigenvalue weighted by Gasteiger charge is -2.16. The van der Waals surface area contributed by atoms with Gasteiger partial charge in [-0.15, -0.1) is 11.3 Å². The monoisotopic (exact) mass is 416 g/mol. The van der Waals surface area contributed by atoms with E-state index >= 15 is 0 Å². The average molecular weight is 417 g/mol. The van der Waals surface area contributed by atoms with Gasteiger partial charge in [0.15, 0.2) is 0 Å². The third-order valence-electron chi connectivity index (χ3n) is 4.90. The molecule has 0 saturated heterocycles. The van der Waals surface area contributed by atoms with Gasteiger partial charge in [0.1, 0.15) is 11.6 Å². The molecule has 0 aliphatic carbocycles. The van der Waals surface area contributed by atoms with Crippen LogP contribution < -0.4 is 15.4 Å². The van der Waals surface area contributed by atoms with Gasteiger partial charge in [-0.1, -0.05) is 30.9 Å². The van der Waals surface area contributed by atoms with Crippen LogP contribution in [-0.2, 0) is 6.54 Å². The van der Waals surface area contributed by atoms with Crippen molar-refractivity contribution in [2.75, 3.05) is 19.0 Å². The Kier molecular flexibility index (Phi) is 6.25. The summed E-state index contributed by atoms with van der Waals surface area (Å²) in [6.45, 7) is 5.42. The van der Waals surface area contributed by atoms with Crippen molar-refractivity contribution >= 4 is 34.6 Å². The molecule has 4 rings (SSSR count). The molecule has 0 spiro atoms. The van der Waals surface area contributed by atoms with Crippen molar-refractivity contribution in [2.24, 2.45) is 4.99 Å². The van der Waals surface area contributed by atoms with Gasteiger partial charge in [0.25, 0.3) is 0 Å². The molecule has 1 aliphatic heterocycles. The van der Waals surface area contributed by atoms with Gasteiger partial charge < -0.3 is 15.4 Å². The molecule has 0 amide bonds. The second-order valence-corrected chi connectivity index (χ2v) is 7.52. The zero-order chi connectivity index (χ0) is 20.8. The van der Waals surface area contributed by atoms with Gasteiger partial charge in [-0.25, -0.2) is 4.98 Å². The number of rotatable bonds is 7. The fourth-order valence-electron chi connectivity index (χ4n) is 3.37. The van der Waals surface area contributed by atoms with Crippen LogP contribution in [0.4, 0.5) is 5.69 Å². The number of nitrogens with one attached hydrogen (secondary N) is 2. The van der Waals surface area contributed by atoms with Crippen LogP contribution in [0.25, 0.3) is 11.8 Å². The molecule has 0 fully saturated rings. The summed E-state index contributed by atoms with van der Waals surface area (Å²) in [6, 6.07) is 14.3. The Morgan fingerprint density at radius 1 is 1.23 bits per heavy atom. The van der Waals surface area contributed by atoms with E-state index in [4.69, 9.17) is 9.73 Å². The molecule has 1 aliphatic rings. The number of benzene rings is 2. The van der Waals surface area contributed by atoms with E-state index in [0.717, 1.165) is 64.9 Å². The number of aliphatic imine (C=N–C) groups is 1.